The van der Waals surface area contributed by atoms with Gasteiger partial charge in [-0.1, -0.05) is 46.3 Å². The number of esters is 1. The fourth-order valence-electron chi connectivity index (χ4n) is 2.50. The predicted octanol–water partition coefficient (Wildman–Crippen LogP) is 5.87. The van der Waals surface area contributed by atoms with Crippen LogP contribution in [0.2, 0.25) is 0 Å². The quantitative estimate of drug-likeness (QED) is 0.158. The molecule has 0 bridgehead atoms. The molecule has 0 N–H and O–H groups in total. The maximum atomic E-state index is 12.8. The summed E-state index contributed by atoms with van der Waals surface area (Å²) in [6, 6.07) is 10.0. The zero-order valence-electron chi connectivity index (χ0n) is 15.3. The first-order valence-corrected chi connectivity index (χ1v) is 9.71. The second-order valence-electron chi connectivity index (χ2n) is 6.16. The van der Waals surface area contributed by atoms with Crippen molar-refractivity contribution in [3.8, 4) is 0 Å². The van der Waals surface area contributed by atoms with Crippen LogP contribution in [0, 0.1) is 0 Å². The number of rotatable bonds is 7. The first kappa shape index (κ1) is 23.9. The Labute approximate surface area is 176 Å². The van der Waals surface area contributed by atoms with Crippen molar-refractivity contribution in [2.24, 2.45) is 4.99 Å². The van der Waals surface area contributed by atoms with Gasteiger partial charge in [0, 0.05) is 11.5 Å². The van der Waals surface area contributed by atoms with E-state index in [0.717, 1.165) is 11.8 Å². The Morgan fingerprint density at radius 2 is 1.57 bits per heavy atom. The molecule has 0 amide bonds. The van der Waals surface area contributed by atoms with Crippen LogP contribution < -0.4 is 0 Å². The third kappa shape index (κ3) is 6.86. The molecule has 2 aromatic carbocycles. The van der Waals surface area contributed by atoms with E-state index in [1.807, 2.05) is 0 Å². The van der Waals surface area contributed by atoms with Crippen LogP contribution in [0.3, 0.4) is 0 Å². The molecule has 0 aliphatic rings. The lowest BCUT2D eigenvalue weighted by Crippen LogP contribution is -2.18. The van der Waals surface area contributed by atoms with Crippen LogP contribution in [0.4, 0.5) is 26.3 Å². The average Bonchev–Trinajstić information content (AvgIpc) is 2.67. The molecule has 3 nitrogen and oxygen atoms in total. The van der Waals surface area contributed by atoms with E-state index in [2.05, 4.69) is 20.9 Å². The molecule has 1 atom stereocenters. The highest BCUT2D eigenvalue weighted by atomic mass is 79.9. The lowest BCUT2D eigenvalue weighted by atomic mass is 10.0. The summed E-state index contributed by atoms with van der Waals surface area (Å²) in [4.78, 5) is 15.9. The number of benzene rings is 2. The van der Waals surface area contributed by atoms with E-state index in [-0.39, 0.29) is 24.8 Å². The molecule has 0 spiro atoms. The summed E-state index contributed by atoms with van der Waals surface area (Å²) in [5.41, 5.74) is -2.46. The van der Waals surface area contributed by atoms with Crippen LogP contribution in [0.5, 0.6) is 0 Å². The lowest BCUT2D eigenvalue weighted by molar-refractivity contribution is -0.145. The number of hydrogen-bond donors (Lipinski definition) is 0. The Morgan fingerprint density at radius 1 is 1.00 bits per heavy atom. The zero-order chi connectivity index (χ0) is 22.4. The van der Waals surface area contributed by atoms with Crippen molar-refractivity contribution in [3.05, 3.63) is 70.8 Å². The summed E-state index contributed by atoms with van der Waals surface area (Å²) < 4.78 is 82.2. The summed E-state index contributed by atoms with van der Waals surface area (Å²) in [5.74, 6) is -1.07. The van der Waals surface area contributed by atoms with Crippen LogP contribution in [0.1, 0.15) is 28.2 Å². The molecule has 1 unspecified atom stereocenters. The van der Waals surface area contributed by atoms with E-state index in [1.54, 1.807) is 30.3 Å². The molecule has 0 saturated heterocycles. The fourth-order valence-corrected chi connectivity index (χ4v) is 3.13. The number of ether oxygens (including phenoxy) is 1. The second-order valence-corrected chi connectivity index (χ2v) is 6.81. The van der Waals surface area contributed by atoms with Gasteiger partial charge in [0.05, 0.1) is 23.6 Å². The number of nitrogens with zero attached hydrogens (tertiary/aromatic N) is 1. The van der Waals surface area contributed by atoms with Gasteiger partial charge in [-0.15, -0.1) is 0 Å². The van der Waals surface area contributed by atoms with E-state index in [4.69, 9.17) is 4.74 Å². The van der Waals surface area contributed by atoms with Crippen LogP contribution in [0.15, 0.2) is 53.5 Å². The Morgan fingerprint density at radius 3 is 2.07 bits per heavy atom. The number of aliphatic imine (C=N–C) groups is 1. The smallest absolute Gasteiger partial charge is 0.416 e. The maximum Gasteiger partial charge on any atom is 0.416 e. The monoisotopic (exact) mass is 495 g/mol. The molecule has 162 valence electrons. The molecular weight excluding hydrogens is 480 g/mol. The highest BCUT2D eigenvalue weighted by Gasteiger charge is 2.36. The molecule has 2 rings (SSSR count). The first-order valence-electron chi connectivity index (χ1n) is 8.59. The van der Waals surface area contributed by atoms with Gasteiger partial charge >= 0.3 is 18.3 Å². The average molecular weight is 496 g/mol. The van der Waals surface area contributed by atoms with Gasteiger partial charge in [0.2, 0.25) is 0 Å². The molecule has 0 heterocycles. The third-order valence-corrected chi connectivity index (χ3v) is 4.60. The highest BCUT2D eigenvalue weighted by Crippen LogP contribution is 2.36. The summed E-state index contributed by atoms with van der Waals surface area (Å²) in [7, 11) is 0. The number of carbonyl (C=O) groups excluding carboxylic acids is 1. The van der Waals surface area contributed by atoms with Crippen molar-refractivity contribution in [1.29, 1.82) is 0 Å². The standard InChI is InChI=1S/C20H16BrF6NO2/c21-11-17(14-4-2-1-3-5-14)18(29)30-7-6-28-12-13-8-15(19(22,23)24)10-16(9-13)20(25,26)27/h1-5,8-10,12,17H,6-7,11H2/b28-12+. The highest BCUT2D eigenvalue weighted by molar-refractivity contribution is 9.09. The molecule has 0 radical (unpaired) electrons. The SMILES string of the molecule is O=C(OCC/N=C/c1cc(C(F)(F)F)cc(C(F)(F)F)c1)C(CBr)c1ccccc1. The zero-order valence-corrected chi connectivity index (χ0v) is 16.9. The molecule has 30 heavy (non-hydrogen) atoms. The van der Waals surface area contributed by atoms with E-state index in [9.17, 15) is 31.1 Å². The van der Waals surface area contributed by atoms with Crippen LogP contribution in [-0.2, 0) is 21.9 Å². The molecule has 0 saturated carbocycles. The summed E-state index contributed by atoms with van der Waals surface area (Å²) in [6.45, 7) is -0.288. The van der Waals surface area contributed by atoms with Crippen molar-refractivity contribution in [2.75, 3.05) is 18.5 Å². The molecular formula is C20H16BrF6NO2. The number of halogens is 7. The van der Waals surface area contributed by atoms with Crippen molar-refractivity contribution in [3.63, 3.8) is 0 Å². The number of alkyl halides is 7. The number of hydrogen-bond acceptors (Lipinski definition) is 3. The van der Waals surface area contributed by atoms with Crippen LogP contribution in [0.25, 0.3) is 0 Å². The topological polar surface area (TPSA) is 38.7 Å². The number of carbonyl (C=O) groups is 1. The molecule has 0 aliphatic heterocycles. The van der Waals surface area contributed by atoms with Crippen molar-refractivity contribution >= 4 is 28.1 Å². The Kier molecular flexibility index (Phi) is 8.05. The fraction of sp³-hybridized carbons (Fsp3) is 0.300. The minimum absolute atomic E-state index is 0.0448. The van der Waals surface area contributed by atoms with Gasteiger partial charge < -0.3 is 4.74 Å². The van der Waals surface area contributed by atoms with Gasteiger partial charge in [-0.2, -0.15) is 26.3 Å². The van der Waals surface area contributed by atoms with E-state index >= 15 is 0 Å². The van der Waals surface area contributed by atoms with Crippen molar-refractivity contribution < 1.29 is 35.9 Å². The predicted molar refractivity (Wildman–Crippen MR) is 103 cm³/mol. The Bertz CT molecular complexity index is 849. The molecule has 0 aliphatic carbocycles. The van der Waals surface area contributed by atoms with Gasteiger partial charge in [-0.3, -0.25) is 9.79 Å². The molecule has 10 heteroatoms. The largest absolute Gasteiger partial charge is 0.463 e. The lowest BCUT2D eigenvalue weighted by Gasteiger charge is -2.13. The second kappa shape index (κ2) is 10.1. The first-order chi connectivity index (χ1) is 14.0. The van der Waals surface area contributed by atoms with Gasteiger partial charge in [-0.05, 0) is 29.3 Å². The summed E-state index contributed by atoms with van der Waals surface area (Å²) in [5, 5.41) is 0.323. The molecule has 0 fully saturated rings. The van der Waals surface area contributed by atoms with Crippen molar-refractivity contribution in [2.45, 2.75) is 18.3 Å². The third-order valence-electron chi connectivity index (χ3n) is 3.96. The van der Waals surface area contributed by atoms with Gasteiger partial charge in [0.1, 0.15) is 6.61 Å². The van der Waals surface area contributed by atoms with E-state index in [0.29, 0.717) is 17.5 Å². The van der Waals surface area contributed by atoms with E-state index < -0.39 is 35.4 Å². The minimum atomic E-state index is -4.93. The normalized spacial score (nSPS) is 13.4. The van der Waals surface area contributed by atoms with Crippen LogP contribution in [-0.4, -0.2) is 30.7 Å². The van der Waals surface area contributed by atoms with E-state index in [1.165, 1.54) is 0 Å². The minimum Gasteiger partial charge on any atom is -0.463 e. The van der Waals surface area contributed by atoms with Crippen LogP contribution >= 0.6 is 15.9 Å². The maximum absolute atomic E-state index is 12.8. The molecule has 2 aromatic rings. The van der Waals surface area contributed by atoms with Gasteiger partial charge in [0.15, 0.2) is 0 Å². The van der Waals surface area contributed by atoms with Gasteiger partial charge in [-0.25, -0.2) is 0 Å². The summed E-state index contributed by atoms with van der Waals surface area (Å²) >= 11 is 3.24. The summed E-state index contributed by atoms with van der Waals surface area (Å²) in [6.07, 6.45) is -8.97. The van der Waals surface area contributed by atoms with Crippen molar-refractivity contribution in [1.82, 2.24) is 0 Å². The Balaban J connectivity index is 2.01. The molecule has 0 aromatic heterocycles. The Hall–Kier alpha value is -2.36. The van der Waals surface area contributed by atoms with Gasteiger partial charge in [0.25, 0.3) is 0 Å².